The summed E-state index contributed by atoms with van der Waals surface area (Å²) in [6.45, 7) is 0. The van der Waals surface area contributed by atoms with Crippen LogP contribution in [0.3, 0.4) is 0 Å². The maximum Gasteiger partial charge on any atom is 0.145 e. The third kappa shape index (κ3) is 3.24. The second kappa shape index (κ2) is 8.00. The fraction of sp³-hybridized carbons (Fsp3) is 0.0312. The van der Waals surface area contributed by atoms with Crippen molar-refractivity contribution in [1.29, 1.82) is 0 Å². The van der Waals surface area contributed by atoms with Crippen LogP contribution in [0.4, 0.5) is 22.7 Å². The van der Waals surface area contributed by atoms with Gasteiger partial charge in [-0.15, -0.1) is 0 Å². The standard InChI is InChI=1S/C32H23N3/c1-3-10-22(11-4-1)23-18-20-25(21-19-23)35-28-16-8-7-14-26(28)31-30-27(15-9-17-29(30)35)33-32(34-31)24-12-5-2-6-13-24/h1-21,32-33H. The summed E-state index contributed by atoms with van der Waals surface area (Å²) in [5.74, 6) is 0. The van der Waals surface area contributed by atoms with Crippen molar-refractivity contribution in [1.82, 2.24) is 0 Å². The summed E-state index contributed by atoms with van der Waals surface area (Å²) >= 11 is 0. The molecule has 7 rings (SSSR count). The fourth-order valence-corrected chi connectivity index (χ4v) is 5.18. The molecule has 0 radical (unpaired) electrons. The average molecular weight is 450 g/mol. The Morgan fingerprint density at radius 2 is 1.23 bits per heavy atom. The van der Waals surface area contributed by atoms with Crippen LogP contribution >= 0.6 is 0 Å². The Balaban J connectivity index is 1.38. The van der Waals surface area contributed by atoms with Crippen LogP contribution in [0.15, 0.2) is 132 Å². The summed E-state index contributed by atoms with van der Waals surface area (Å²) < 4.78 is 0. The molecule has 1 N–H and O–H groups in total. The van der Waals surface area contributed by atoms with Gasteiger partial charge in [0.2, 0.25) is 0 Å². The summed E-state index contributed by atoms with van der Waals surface area (Å²) in [6, 6.07) is 44.9. The van der Waals surface area contributed by atoms with Crippen molar-refractivity contribution in [3.05, 3.63) is 144 Å². The molecule has 0 spiro atoms. The monoisotopic (exact) mass is 449 g/mol. The van der Waals surface area contributed by atoms with Crippen molar-refractivity contribution in [2.45, 2.75) is 6.17 Å². The largest absolute Gasteiger partial charge is 0.359 e. The van der Waals surface area contributed by atoms with Crippen molar-refractivity contribution in [2.75, 3.05) is 10.2 Å². The first-order valence-electron chi connectivity index (χ1n) is 11.9. The summed E-state index contributed by atoms with van der Waals surface area (Å²) in [4.78, 5) is 7.58. The number of aliphatic imine (C=N–C) groups is 1. The van der Waals surface area contributed by atoms with Gasteiger partial charge < -0.3 is 10.2 Å². The smallest absolute Gasteiger partial charge is 0.145 e. The zero-order chi connectivity index (χ0) is 23.2. The predicted octanol–water partition coefficient (Wildman–Crippen LogP) is 8.10. The number of rotatable bonds is 3. The molecule has 3 nitrogen and oxygen atoms in total. The first-order chi connectivity index (χ1) is 17.4. The Kier molecular flexibility index (Phi) is 4.52. The Morgan fingerprint density at radius 3 is 2.03 bits per heavy atom. The molecule has 0 aromatic heterocycles. The highest BCUT2D eigenvalue weighted by Crippen LogP contribution is 2.48. The van der Waals surface area contributed by atoms with Gasteiger partial charge in [0.15, 0.2) is 0 Å². The number of para-hydroxylation sites is 1. The first-order valence-corrected chi connectivity index (χ1v) is 11.9. The minimum Gasteiger partial charge on any atom is -0.359 e. The van der Waals surface area contributed by atoms with Crippen molar-refractivity contribution >= 4 is 28.5 Å². The van der Waals surface area contributed by atoms with Crippen LogP contribution in [0.25, 0.3) is 11.1 Å². The highest BCUT2D eigenvalue weighted by molar-refractivity contribution is 6.26. The SMILES string of the molecule is c1ccc(-c2ccc(N3c4ccccc4C4=NC(c5ccccc5)Nc5cccc3c54)cc2)cc1. The fourth-order valence-electron chi connectivity index (χ4n) is 5.18. The third-order valence-corrected chi connectivity index (χ3v) is 6.82. The van der Waals surface area contributed by atoms with Gasteiger partial charge in [-0.3, -0.25) is 4.99 Å². The van der Waals surface area contributed by atoms with Crippen LogP contribution in [0.1, 0.15) is 22.9 Å². The average Bonchev–Trinajstić information content (AvgIpc) is 2.94. The van der Waals surface area contributed by atoms with E-state index in [1.165, 1.54) is 11.1 Å². The molecule has 166 valence electrons. The minimum absolute atomic E-state index is 0.112. The van der Waals surface area contributed by atoms with Gasteiger partial charge in [0, 0.05) is 22.5 Å². The van der Waals surface area contributed by atoms with Crippen LogP contribution in [0.2, 0.25) is 0 Å². The zero-order valence-electron chi connectivity index (χ0n) is 19.1. The maximum atomic E-state index is 5.23. The van der Waals surface area contributed by atoms with Crippen molar-refractivity contribution < 1.29 is 0 Å². The van der Waals surface area contributed by atoms with E-state index in [-0.39, 0.29) is 6.17 Å². The van der Waals surface area contributed by atoms with Gasteiger partial charge in [-0.25, -0.2) is 0 Å². The molecule has 1 atom stereocenters. The van der Waals surface area contributed by atoms with E-state index in [2.05, 4.69) is 132 Å². The Hall–Kier alpha value is -4.63. The molecule has 1 unspecified atom stereocenters. The Morgan fingerprint density at radius 1 is 0.571 bits per heavy atom. The van der Waals surface area contributed by atoms with Gasteiger partial charge in [-0.05, 0) is 47.0 Å². The number of hydrogen-bond acceptors (Lipinski definition) is 3. The van der Waals surface area contributed by atoms with Crippen LogP contribution < -0.4 is 10.2 Å². The molecular weight excluding hydrogens is 426 g/mol. The lowest BCUT2D eigenvalue weighted by Gasteiger charge is -2.38. The second-order valence-electron chi connectivity index (χ2n) is 8.90. The van der Waals surface area contributed by atoms with E-state index in [0.29, 0.717) is 0 Å². The Bertz CT molecular complexity index is 1550. The molecular formula is C32H23N3. The van der Waals surface area contributed by atoms with E-state index in [0.717, 1.165) is 45.2 Å². The van der Waals surface area contributed by atoms with Crippen LogP contribution in [-0.4, -0.2) is 5.71 Å². The highest BCUT2D eigenvalue weighted by atomic mass is 15.2. The van der Waals surface area contributed by atoms with Gasteiger partial charge in [0.1, 0.15) is 6.17 Å². The first kappa shape index (κ1) is 19.8. The normalized spacial score (nSPS) is 15.5. The molecule has 0 fully saturated rings. The lowest BCUT2D eigenvalue weighted by molar-refractivity contribution is 0.827. The molecule has 2 aliphatic heterocycles. The summed E-state index contributed by atoms with van der Waals surface area (Å²) in [5.41, 5.74) is 11.5. The summed E-state index contributed by atoms with van der Waals surface area (Å²) in [7, 11) is 0. The van der Waals surface area contributed by atoms with Gasteiger partial charge >= 0.3 is 0 Å². The van der Waals surface area contributed by atoms with E-state index < -0.39 is 0 Å². The van der Waals surface area contributed by atoms with E-state index >= 15 is 0 Å². The maximum absolute atomic E-state index is 5.23. The van der Waals surface area contributed by atoms with Gasteiger partial charge in [0.05, 0.1) is 17.1 Å². The van der Waals surface area contributed by atoms with E-state index in [1.54, 1.807) is 0 Å². The molecule has 3 heteroatoms. The molecule has 0 saturated carbocycles. The van der Waals surface area contributed by atoms with Gasteiger partial charge in [-0.1, -0.05) is 97.1 Å². The number of hydrogen-bond donors (Lipinski definition) is 1. The molecule has 0 saturated heterocycles. The minimum atomic E-state index is -0.112. The van der Waals surface area contributed by atoms with Crippen LogP contribution in [-0.2, 0) is 0 Å². The molecule has 35 heavy (non-hydrogen) atoms. The third-order valence-electron chi connectivity index (χ3n) is 6.82. The van der Waals surface area contributed by atoms with Gasteiger partial charge in [0.25, 0.3) is 0 Å². The summed E-state index contributed by atoms with van der Waals surface area (Å²) in [6.07, 6.45) is -0.112. The van der Waals surface area contributed by atoms with Gasteiger partial charge in [-0.2, -0.15) is 0 Å². The highest BCUT2D eigenvalue weighted by Gasteiger charge is 2.33. The quantitative estimate of drug-likeness (QED) is 0.296. The molecule has 5 aromatic rings. The molecule has 0 aliphatic carbocycles. The number of nitrogens with one attached hydrogen (secondary N) is 1. The lowest BCUT2D eigenvalue weighted by Crippen LogP contribution is -2.28. The van der Waals surface area contributed by atoms with E-state index in [1.807, 2.05) is 6.07 Å². The number of anilines is 4. The van der Waals surface area contributed by atoms with Crippen molar-refractivity contribution in [2.24, 2.45) is 4.99 Å². The molecule has 2 aliphatic rings. The number of nitrogens with zero attached hydrogens (tertiary/aromatic N) is 2. The number of benzene rings is 5. The second-order valence-corrected chi connectivity index (χ2v) is 8.90. The van der Waals surface area contributed by atoms with E-state index in [4.69, 9.17) is 4.99 Å². The van der Waals surface area contributed by atoms with Crippen molar-refractivity contribution in [3.8, 4) is 11.1 Å². The van der Waals surface area contributed by atoms with Crippen molar-refractivity contribution in [3.63, 3.8) is 0 Å². The van der Waals surface area contributed by atoms with E-state index in [9.17, 15) is 0 Å². The molecule has 0 amide bonds. The molecule has 5 aromatic carbocycles. The zero-order valence-corrected chi connectivity index (χ0v) is 19.1. The molecule has 2 heterocycles. The topological polar surface area (TPSA) is 27.6 Å². The van der Waals surface area contributed by atoms with Crippen LogP contribution in [0, 0.1) is 0 Å². The molecule has 0 bridgehead atoms. The number of fused-ring (bicyclic) bond motifs is 2. The lowest BCUT2D eigenvalue weighted by atomic mass is 9.89. The predicted molar refractivity (Wildman–Crippen MR) is 145 cm³/mol. The Labute approximate surface area is 205 Å². The summed E-state index contributed by atoms with van der Waals surface area (Å²) in [5, 5.41) is 3.67. The van der Waals surface area contributed by atoms with Crippen LogP contribution in [0.5, 0.6) is 0 Å².